The number of imidazole rings is 1. The first kappa shape index (κ1) is 9.75. The van der Waals surface area contributed by atoms with Crippen LogP contribution in [0.25, 0.3) is 0 Å². The van der Waals surface area contributed by atoms with Gasteiger partial charge in [0.25, 0.3) is 0 Å². The van der Waals surface area contributed by atoms with Crippen molar-refractivity contribution in [2.75, 3.05) is 0 Å². The predicted octanol–water partition coefficient (Wildman–Crippen LogP) is 2.91. The van der Waals surface area contributed by atoms with Crippen LogP contribution in [0.5, 0.6) is 0 Å². The van der Waals surface area contributed by atoms with Crippen molar-refractivity contribution < 1.29 is 0 Å². The van der Waals surface area contributed by atoms with E-state index >= 15 is 0 Å². The number of fused-ring (bicyclic) bond motifs is 1. The molecule has 2 heterocycles. The Morgan fingerprint density at radius 2 is 2.14 bits per heavy atom. The minimum atomic E-state index is 0.615. The fraction of sp³-hybridized carbons (Fsp3) is 0.750. The molecule has 78 valence electrons. The van der Waals surface area contributed by atoms with Gasteiger partial charge in [-0.2, -0.15) is 0 Å². The number of aromatic nitrogens is 2. The molecule has 0 radical (unpaired) electrons. The summed E-state index contributed by atoms with van der Waals surface area (Å²) in [5, 5.41) is 0. The zero-order valence-electron chi connectivity index (χ0n) is 9.51. The summed E-state index contributed by atoms with van der Waals surface area (Å²) in [5.41, 5.74) is 2.82. The number of nitrogens with zero attached hydrogens (tertiary/aromatic N) is 2. The van der Waals surface area contributed by atoms with Crippen molar-refractivity contribution in [2.45, 2.75) is 58.9 Å². The Labute approximate surface area is 86.3 Å². The summed E-state index contributed by atoms with van der Waals surface area (Å²) in [4.78, 5) is 4.75. The number of rotatable bonds is 2. The van der Waals surface area contributed by atoms with Crippen LogP contribution in [0, 0.1) is 0 Å². The lowest BCUT2D eigenvalue weighted by Crippen LogP contribution is -2.13. The van der Waals surface area contributed by atoms with Gasteiger partial charge in [-0.05, 0) is 25.2 Å². The number of aryl methyl sites for hydroxylation is 2. The molecule has 0 saturated carbocycles. The maximum atomic E-state index is 4.75. The van der Waals surface area contributed by atoms with Crippen LogP contribution in [-0.4, -0.2) is 9.55 Å². The first-order chi connectivity index (χ1) is 6.74. The summed E-state index contributed by atoms with van der Waals surface area (Å²) < 4.78 is 2.47. The van der Waals surface area contributed by atoms with Crippen LogP contribution >= 0.6 is 0 Å². The van der Waals surface area contributed by atoms with Crippen LogP contribution in [-0.2, 0) is 19.4 Å². The molecule has 0 atom stereocenters. The Kier molecular flexibility index (Phi) is 2.62. The van der Waals surface area contributed by atoms with E-state index in [1.165, 1.54) is 43.0 Å². The smallest absolute Gasteiger partial charge is 0.109 e. The summed E-state index contributed by atoms with van der Waals surface area (Å²) in [7, 11) is 0. The molecular formula is C12H20N2. The van der Waals surface area contributed by atoms with Crippen molar-refractivity contribution in [3.8, 4) is 0 Å². The standard InChI is InChI=1S/C12H20N2/c1-4-10-12(9(2)3)14-8-6-5-7-11(14)13-10/h9H,4-8H2,1-3H3. The lowest BCUT2D eigenvalue weighted by molar-refractivity contribution is 0.500. The van der Waals surface area contributed by atoms with Gasteiger partial charge in [0, 0.05) is 18.7 Å². The van der Waals surface area contributed by atoms with Gasteiger partial charge in [-0.25, -0.2) is 4.98 Å². The van der Waals surface area contributed by atoms with E-state index in [0.29, 0.717) is 5.92 Å². The van der Waals surface area contributed by atoms with E-state index in [0.717, 1.165) is 6.42 Å². The van der Waals surface area contributed by atoms with Crippen LogP contribution in [0.3, 0.4) is 0 Å². The second kappa shape index (κ2) is 3.76. The van der Waals surface area contributed by atoms with Gasteiger partial charge in [0.1, 0.15) is 5.82 Å². The third-order valence-corrected chi connectivity index (χ3v) is 3.08. The van der Waals surface area contributed by atoms with Gasteiger partial charge < -0.3 is 4.57 Å². The van der Waals surface area contributed by atoms with E-state index < -0.39 is 0 Å². The monoisotopic (exact) mass is 192 g/mol. The highest BCUT2D eigenvalue weighted by molar-refractivity contribution is 5.21. The highest BCUT2D eigenvalue weighted by atomic mass is 15.1. The van der Waals surface area contributed by atoms with Crippen LogP contribution in [0.2, 0.25) is 0 Å². The van der Waals surface area contributed by atoms with E-state index in [-0.39, 0.29) is 0 Å². The van der Waals surface area contributed by atoms with E-state index in [2.05, 4.69) is 25.3 Å². The molecule has 2 heteroatoms. The normalized spacial score (nSPS) is 16.0. The molecule has 0 N–H and O–H groups in total. The summed E-state index contributed by atoms with van der Waals surface area (Å²) in [6, 6.07) is 0. The zero-order valence-corrected chi connectivity index (χ0v) is 9.51. The molecule has 1 aromatic heterocycles. The fourth-order valence-electron chi connectivity index (χ4n) is 2.47. The number of hydrogen-bond acceptors (Lipinski definition) is 1. The summed E-state index contributed by atoms with van der Waals surface area (Å²) in [5.74, 6) is 1.95. The maximum absolute atomic E-state index is 4.75. The van der Waals surface area contributed by atoms with Gasteiger partial charge in [-0.15, -0.1) is 0 Å². The van der Waals surface area contributed by atoms with Crippen molar-refractivity contribution in [3.05, 3.63) is 17.2 Å². The molecule has 1 aliphatic rings. The van der Waals surface area contributed by atoms with Gasteiger partial charge in [0.2, 0.25) is 0 Å². The molecule has 1 aliphatic heterocycles. The van der Waals surface area contributed by atoms with Crippen molar-refractivity contribution in [2.24, 2.45) is 0 Å². The van der Waals surface area contributed by atoms with E-state index in [1.807, 2.05) is 0 Å². The average molecular weight is 192 g/mol. The quantitative estimate of drug-likeness (QED) is 0.704. The summed E-state index contributed by atoms with van der Waals surface area (Å²) in [6.07, 6.45) is 4.90. The lowest BCUT2D eigenvalue weighted by atomic mass is 10.1. The molecule has 0 aromatic carbocycles. The third kappa shape index (κ3) is 1.47. The molecule has 1 aromatic rings. The van der Waals surface area contributed by atoms with Gasteiger partial charge in [0.05, 0.1) is 5.69 Å². The topological polar surface area (TPSA) is 17.8 Å². The van der Waals surface area contributed by atoms with Crippen LogP contribution < -0.4 is 0 Å². The first-order valence-electron chi connectivity index (χ1n) is 5.82. The van der Waals surface area contributed by atoms with Crippen molar-refractivity contribution >= 4 is 0 Å². The highest BCUT2D eigenvalue weighted by Crippen LogP contribution is 2.25. The van der Waals surface area contributed by atoms with E-state index in [4.69, 9.17) is 4.98 Å². The minimum absolute atomic E-state index is 0.615. The van der Waals surface area contributed by atoms with Crippen LogP contribution in [0.15, 0.2) is 0 Å². The van der Waals surface area contributed by atoms with Gasteiger partial charge in [0.15, 0.2) is 0 Å². The predicted molar refractivity (Wildman–Crippen MR) is 58.6 cm³/mol. The zero-order chi connectivity index (χ0) is 10.1. The van der Waals surface area contributed by atoms with E-state index in [1.54, 1.807) is 0 Å². The molecule has 0 spiro atoms. The second-order valence-electron chi connectivity index (χ2n) is 4.48. The molecule has 0 aliphatic carbocycles. The van der Waals surface area contributed by atoms with Gasteiger partial charge in [-0.3, -0.25) is 0 Å². The minimum Gasteiger partial charge on any atom is -0.332 e. The van der Waals surface area contributed by atoms with Gasteiger partial charge >= 0.3 is 0 Å². The third-order valence-electron chi connectivity index (χ3n) is 3.08. The first-order valence-corrected chi connectivity index (χ1v) is 5.82. The Balaban J connectivity index is 2.48. The van der Waals surface area contributed by atoms with Crippen molar-refractivity contribution in [1.82, 2.24) is 9.55 Å². The summed E-state index contributed by atoms with van der Waals surface area (Å²) >= 11 is 0. The van der Waals surface area contributed by atoms with Crippen molar-refractivity contribution in [3.63, 3.8) is 0 Å². The molecule has 14 heavy (non-hydrogen) atoms. The Morgan fingerprint density at radius 3 is 2.79 bits per heavy atom. The molecular weight excluding hydrogens is 172 g/mol. The SMILES string of the molecule is CCc1nc2n(c1C(C)C)CCCC2. The number of hydrogen-bond donors (Lipinski definition) is 0. The highest BCUT2D eigenvalue weighted by Gasteiger charge is 2.20. The lowest BCUT2D eigenvalue weighted by Gasteiger charge is -2.18. The van der Waals surface area contributed by atoms with Crippen LogP contribution in [0.1, 0.15) is 56.7 Å². The average Bonchev–Trinajstić information content (AvgIpc) is 2.55. The van der Waals surface area contributed by atoms with Crippen LogP contribution in [0.4, 0.5) is 0 Å². The molecule has 0 bridgehead atoms. The summed E-state index contributed by atoms with van der Waals surface area (Å²) in [6.45, 7) is 7.95. The Bertz CT molecular complexity index is 323. The largest absolute Gasteiger partial charge is 0.332 e. The second-order valence-corrected chi connectivity index (χ2v) is 4.48. The molecule has 0 fully saturated rings. The Hall–Kier alpha value is -0.790. The van der Waals surface area contributed by atoms with Gasteiger partial charge in [-0.1, -0.05) is 20.8 Å². The molecule has 2 rings (SSSR count). The molecule has 0 amide bonds. The van der Waals surface area contributed by atoms with E-state index in [9.17, 15) is 0 Å². The van der Waals surface area contributed by atoms with Crippen molar-refractivity contribution in [1.29, 1.82) is 0 Å². The Morgan fingerprint density at radius 1 is 1.36 bits per heavy atom. The molecule has 0 saturated heterocycles. The molecule has 2 nitrogen and oxygen atoms in total. The fourth-order valence-corrected chi connectivity index (χ4v) is 2.47. The maximum Gasteiger partial charge on any atom is 0.109 e. The molecule has 0 unspecified atom stereocenters.